The predicted octanol–water partition coefficient (Wildman–Crippen LogP) is 0.291. The summed E-state index contributed by atoms with van der Waals surface area (Å²) in [6.45, 7) is 4.59. The van der Waals surface area contributed by atoms with Crippen LogP contribution < -0.4 is 5.73 Å². The molecular formula is C9H17N3O. The van der Waals surface area contributed by atoms with Gasteiger partial charge in [-0.1, -0.05) is 0 Å². The maximum absolute atomic E-state index is 8.92. The van der Waals surface area contributed by atoms with Crippen molar-refractivity contribution in [1.29, 1.82) is 0 Å². The van der Waals surface area contributed by atoms with E-state index in [1.165, 1.54) is 0 Å². The molecule has 0 spiro atoms. The monoisotopic (exact) mass is 183 g/mol. The predicted molar refractivity (Wildman–Crippen MR) is 51.3 cm³/mol. The van der Waals surface area contributed by atoms with Crippen LogP contribution in [-0.2, 0) is 6.54 Å². The zero-order valence-electron chi connectivity index (χ0n) is 8.20. The summed E-state index contributed by atoms with van der Waals surface area (Å²) in [7, 11) is 0. The minimum absolute atomic E-state index is 0.00719. The fourth-order valence-electron chi connectivity index (χ4n) is 1.04. The summed E-state index contributed by atoms with van der Waals surface area (Å²) in [4.78, 5) is 0. The highest BCUT2D eigenvalue weighted by atomic mass is 16.3. The molecule has 0 aliphatic rings. The molecule has 0 amide bonds. The summed E-state index contributed by atoms with van der Waals surface area (Å²) in [6.07, 6.45) is 4.50. The Morgan fingerprint density at radius 1 is 1.69 bits per heavy atom. The van der Waals surface area contributed by atoms with Gasteiger partial charge in [0, 0.05) is 18.3 Å². The second kappa shape index (κ2) is 3.89. The third-order valence-electron chi connectivity index (χ3n) is 2.04. The molecule has 0 aromatic carbocycles. The molecule has 4 heteroatoms. The second-order valence-electron chi connectivity index (χ2n) is 3.84. The van der Waals surface area contributed by atoms with Gasteiger partial charge in [-0.05, 0) is 25.8 Å². The normalized spacial score (nSPS) is 15.7. The Labute approximate surface area is 78.4 Å². The second-order valence-corrected chi connectivity index (χ2v) is 3.84. The Morgan fingerprint density at radius 3 is 2.85 bits per heavy atom. The molecule has 0 bridgehead atoms. The molecule has 0 aliphatic carbocycles. The Hall–Kier alpha value is -0.870. The zero-order valence-corrected chi connectivity index (χ0v) is 8.20. The largest absolute Gasteiger partial charge is 0.394 e. The van der Waals surface area contributed by atoms with Crippen molar-refractivity contribution in [3.63, 3.8) is 0 Å². The van der Waals surface area contributed by atoms with Gasteiger partial charge < -0.3 is 10.8 Å². The Kier molecular flexibility index (Phi) is 3.06. The number of hydrogen-bond acceptors (Lipinski definition) is 3. The fourth-order valence-corrected chi connectivity index (χ4v) is 1.04. The van der Waals surface area contributed by atoms with Crippen LogP contribution in [-0.4, -0.2) is 27.0 Å². The van der Waals surface area contributed by atoms with Gasteiger partial charge in [-0.3, -0.25) is 4.68 Å². The first-order valence-corrected chi connectivity index (χ1v) is 4.42. The quantitative estimate of drug-likeness (QED) is 0.705. The zero-order chi connectivity index (χ0) is 9.90. The van der Waals surface area contributed by atoms with E-state index >= 15 is 0 Å². The van der Waals surface area contributed by atoms with Gasteiger partial charge >= 0.3 is 0 Å². The summed E-state index contributed by atoms with van der Waals surface area (Å²) in [5.41, 5.74) is 6.42. The van der Waals surface area contributed by atoms with Crippen LogP contribution in [0.4, 0.5) is 0 Å². The molecule has 1 aromatic rings. The van der Waals surface area contributed by atoms with Crippen molar-refractivity contribution < 1.29 is 5.11 Å². The molecule has 1 heterocycles. The number of nitrogens with zero attached hydrogens (tertiary/aromatic N) is 2. The van der Waals surface area contributed by atoms with Crippen molar-refractivity contribution in [2.45, 2.75) is 32.4 Å². The first kappa shape index (κ1) is 10.2. The highest BCUT2D eigenvalue weighted by molar-refractivity contribution is 4.99. The van der Waals surface area contributed by atoms with Gasteiger partial charge in [-0.2, -0.15) is 5.10 Å². The van der Waals surface area contributed by atoms with Crippen molar-refractivity contribution in [1.82, 2.24) is 9.78 Å². The number of aliphatic hydroxyl groups excluding tert-OH is 1. The van der Waals surface area contributed by atoms with E-state index in [0.29, 0.717) is 0 Å². The molecule has 1 aromatic heterocycles. The molecule has 0 saturated heterocycles. The average Bonchev–Trinajstić information content (AvgIpc) is 2.48. The molecule has 0 radical (unpaired) electrons. The van der Waals surface area contributed by atoms with Crippen molar-refractivity contribution in [2.75, 3.05) is 6.61 Å². The van der Waals surface area contributed by atoms with Gasteiger partial charge in [-0.15, -0.1) is 0 Å². The summed E-state index contributed by atoms with van der Waals surface area (Å²) in [6, 6.07) is 0. The molecule has 1 rings (SSSR count). The average molecular weight is 183 g/mol. The molecule has 1 unspecified atom stereocenters. The summed E-state index contributed by atoms with van der Waals surface area (Å²) >= 11 is 0. The number of hydrogen-bond donors (Lipinski definition) is 2. The van der Waals surface area contributed by atoms with Gasteiger partial charge in [0.1, 0.15) is 0 Å². The van der Waals surface area contributed by atoms with Gasteiger partial charge in [0.25, 0.3) is 0 Å². The van der Waals surface area contributed by atoms with Crippen LogP contribution in [0.5, 0.6) is 0 Å². The topological polar surface area (TPSA) is 64.1 Å². The van der Waals surface area contributed by atoms with Gasteiger partial charge in [0.05, 0.1) is 12.8 Å². The number of nitrogens with two attached hydrogens (primary N) is 1. The Morgan fingerprint density at radius 2 is 2.38 bits per heavy atom. The van der Waals surface area contributed by atoms with Crippen LogP contribution in [0.15, 0.2) is 12.4 Å². The van der Waals surface area contributed by atoms with E-state index in [2.05, 4.69) is 5.10 Å². The van der Waals surface area contributed by atoms with Crippen LogP contribution in [0.1, 0.15) is 18.9 Å². The van der Waals surface area contributed by atoms with Crippen LogP contribution in [0.3, 0.4) is 0 Å². The number of aryl methyl sites for hydroxylation is 2. The standard InChI is InChI=1S/C9H17N3O/c1-8-5-11-12(6-8)4-3-9(2,10)7-13/h5-6,13H,3-4,7,10H2,1-2H3. The van der Waals surface area contributed by atoms with Gasteiger partial charge in [0.2, 0.25) is 0 Å². The molecule has 1 atom stereocenters. The number of rotatable bonds is 4. The molecule has 3 N–H and O–H groups in total. The molecule has 74 valence electrons. The van der Waals surface area contributed by atoms with Crippen LogP contribution in [0.2, 0.25) is 0 Å². The Balaban J connectivity index is 2.43. The van der Waals surface area contributed by atoms with Crippen molar-refractivity contribution >= 4 is 0 Å². The lowest BCUT2D eigenvalue weighted by atomic mass is 10.0. The van der Waals surface area contributed by atoms with Gasteiger partial charge in [-0.25, -0.2) is 0 Å². The third-order valence-corrected chi connectivity index (χ3v) is 2.04. The van der Waals surface area contributed by atoms with E-state index < -0.39 is 5.54 Å². The van der Waals surface area contributed by atoms with E-state index in [1.54, 1.807) is 0 Å². The molecular weight excluding hydrogens is 166 g/mol. The molecule has 0 fully saturated rings. The molecule has 13 heavy (non-hydrogen) atoms. The minimum atomic E-state index is -0.500. The molecule has 0 saturated carbocycles. The fraction of sp³-hybridized carbons (Fsp3) is 0.667. The Bertz CT molecular complexity index is 268. The van der Waals surface area contributed by atoms with Crippen molar-refractivity contribution in [3.05, 3.63) is 18.0 Å². The summed E-state index contributed by atoms with van der Waals surface area (Å²) in [5, 5.41) is 13.1. The molecule has 4 nitrogen and oxygen atoms in total. The maximum Gasteiger partial charge on any atom is 0.0609 e. The number of aromatic nitrogens is 2. The first-order chi connectivity index (χ1) is 6.03. The van der Waals surface area contributed by atoms with Crippen LogP contribution >= 0.6 is 0 Å². The van der Waals surface area contributed by atoms with E-state index in [-0.39, 0.29) is 6.61 Å². The summed E-state index contributed by atoms with van der Waals surface area (Å²) < 4.78 is 1.84. The summed E-state index contributed by atoms with van der Waals surface area (Å²) in [5.74, 6) is 0. The van der Waals surface area contributed by atoms with E-state index in [0.717, 1.165) is 18.5 Å². The van der Waals surface area contributed by atoms with Gasteiger partial charge in [0.15, 0.2) is 0 Å². The van der Waals surface area contributed by atoms with Crippen molar-refractivity contribution in [2.24, 2.45) is 5.73 Å². The lowest BCUT2D eigenvalue weighted by molar-refractivity contribution is 0.194. The first-order valence-electron chi connectivity index (χ1n) is 4.42. The lowest BCUT2D eigenvalue weighted by Crippen LogP contribution is -2.41. The SMILES string of the molecule is Cc1cnn(CCC(C)(N)CO)c1. The lowest BCUT2D eigenvalue weighted by Gasteiger charge is -2.21. The van der Waals surface area contributed by atoms with Crippen LogP contribution in [0.25, 0.3) is 0 Å². The van der Waals surface area contributed by atoms with E-state index in [1.807, 2.05) is 30.9 Å². The smallest absolute Gasteiger partial charge is 0.0609 e. The number of aliphatic hydroxyl groups is 1. The van der Waals surface area contributed by atoms with Crippen LogP contribution in [0, 0.1) is 6.92 Å². The van der Waals surface area contributed by atoms with E-state index in [4.69, 9.17) is 10.8 Å². The highest BCUT2D eigenvalue weighted by Gasteiger charge is 2.16. The maximum atomic E-state index is 8.92. The third kappa shape index (κ3) is 3.16. The van der Waals surface area contributed by atoms with Crippen molar-refractivity contribution in [3.8, 4) is 0 Å². The molecule has 0 aliphatic heterocycles. The minimum Gasteiger partial charge on any atom is -0.394 e. The highest BCUT2D eigenvalue weighted by Crippen LogP contribution is 2.06. The van der Waals surface area contributed by atoms with E-state index in [9.17, 15) is 0 Å².